The fourth-order valence-corrected chi connectivity index (χ4v) is 2.38. The topological polar surface area (TPSA) is 63.5 Å². The molecule has 1 heterocycles. The van der Waals surface area contributed by atoms with Gasteiger partial charge < -0.3 is 15.4 Å². The number of hydrogen-bond acceptors (Lipinski definition) is 3. The first-order valence-electron chi connectivity index (χ1n) is 9.08. The summed E-state index contributed by atoms with van der Waals surface area (Å²) in [6.45, 7) is 11.0. The number of aromatic nitrogens is 2. The van der Waals surface area contributed by atoms with Gasteiger partial charge in [0.1, 0.15) is 0 Å². The summed E-state index contributed by atoms with van der Waals surface area (Å²) < 4.78 is 7.71. The Balaban J connectivity index is 0.00000364. The summed E-state index contributed by atoms with van der Waals surface area (Å²) in [5, 5.41) is 10.8. The van der Waals surface area contributed by atoms with Gasteiger partial charge >= 0.3 is 0 Å². The number of nitrogens with one attached hydrogen (secondary N) is 2. The maximum Gasteiger partial charge on any atom is 0.191 e. The lowest BCUT2D eigenvalue weighted by Crippen LogP contribution is -2.37. The Bertz CT molecular complexity index is 721. The van der Waals surface area contributed by atoms with Crippen molar-refractivity contribution in [2.75, 3.05) is 6.54 Å². The highest BCUT2D eigenvalue weighted by atomic mass is 127. The van der Waals surface area contributed by atoms with E-state index in [0.717, 1.165) is 23.8 Å². The Morgan fingerprint density at radius 2 is 1.93 bits per heavy atom. The number of rotatable bonds is 7. The van der Waals surface area contributed by atoms with Gasteiger partial charge in [-0.25, -0.2) is 4.99 Å². The van der Waals surface area contributed by atoms with E-state index in [0.29, 0.717) is 19.7 Å². The molecule has 0 spiro atoms. The van der Waals surface area contributed by atoms with E-state index >= 15 is 0 Å². The fourth-order valence-electron chi connectivity index (χ4n) is 2.38. The van der Waals surface area contributed by atoms with Gasteiger partial charge in [0.25, 0.3) is 0 Å². The van der Waals surface area contributed by atoms with Crippen molar-refractivity contribution >= 4 is 29.9 Å². The normalized spacial score (nSPS) is 11.8. The standard InChI is InChI=1S/C20H31N5O.HI/c1-6-21-19(23-14-18-10-11-24-25(18)5)22-13-16-8-7-9-17(12-16)15-26-20(2,3)4;/h7-12H,6,13-15H2,1-5H3,(H2,21,22,23);1H. The van der Waals surface area contributed by atoms with E-state index in [-0.39, 0.29) is 29.6 Å². The molecule has 2 N–H and O–H groups in total. The summed E-state index contributed by atoms with van der Waals surface area (Å²) in [5.41, 5.74) is 3.30. The highest BCUT2D eigenvalue weighted by molar-refractivity contribution is 14.0. The number of aliphatic imine (C=N–C) groups is 1. The largest absolute Gasteiger partial charge is 0.371 e. The highest BCUT2D eigenvalue weighted by Gasteiger charge is 2.10. The molecule has 2 aromatic rings. The van der Waals surface area contributed by atoms with Crippen molar-refractivity contribution in [2.45, 2.75) is 53.0 Å². The Morgan fingerprint density at radius 3 is 2.56 bits per heavy atom. The van der Waals surface area contributed by atoms with Crippen molar-refractivity contribution in [3.63, 3.8) is 0 Å². The van der Waals surface area contributed by atoms with Gasteiger partial charge in [-0.3, -0.25) is 4.68 Å². The van der Waals surface area contributed by atoms with Gasteiger partial charge in [0.05, 0.1) is 31.0 Å². The second-order valence-corrected chi connectivity index (χ2v) is 7.22. The van der Waals surface area contributed by atoms with Gasteiger partial charge in [-0.05, 0) is 44.9 Å². The molecule has 2 rings (SSSR count). The Hall–Kier alpha value is -1.61. The van der Waals surface area contributed by atoms with Crippen LogP contribution in [-0.2, 0) is 31.5 Å². The van der Waals surface area contributed by atoms with Crippen LogP contribution in [0.3, 0.4) is 0 Å². The fraction of sp³-hybridized carbons (Fsp3) is 0.500. The van der Waals surface area contributed by atoms with Crippen LogP contribution in [0.5, 0.6) is 0 Å². The first kappa shape index (κ1) is 23.4. The second-order valence-electron chi connectivity index (χ2n) is 7.22. The summed E-state index contributed by atoms with van der Waals surface area (Å²) in [4.78, 5) is 4.69. The highest BCUT2D eigenvalue weighted by Crippen LogP contribution is 2.13. The van der Waals surface area contributed by atoms with Gasteiger partial charge in [-0.15, -0.1) is 24.0 Å². The number of nitrogens with zero attached hydrogens (tertiary/aromatic N) is 3. The lowest BCUT2D eigenvalue weighted by atomic mass is 10.1. The quantitative estimate of drug-likeness (QED) is 0.358. The zero-order valence-corrected chi connectivity index (χ0v) is 19.3. The summed E-state index contributed by atoms with van der Waals surface area (Å²) >= 11 is 0. The third kappa shape index (κ3) is 8.75. The smallest absolute Gasteiger partial charge is 0.191 e. The van der Waals surface area contributed by atoms with Crippen molar-refractivity contribution < 1.29 is 4.74 Å². The molecule has 0 fully saturated rings. The van der Waals surface area contributed by atoms with Crippen molar-refractivity contribution in [3.05, 3.63) is 53.3 Å². The number of aryl methyl sites for hydroxylation is 1. The van der Waals surface area contributed by atoms with Crippen molar-refractivity contribution in [1.82, 2.24) is 20.4 Å². The van der Waals surface area contributed by atoms with Crippen LogP contribution < -0.4 is 10.6 Å². The molecule has 7 heteroatoms. The zero-order valence-electron chi connectivity index (χ0n) is 17.0. The zero-order chi connectivity index (χ0) is 19.0. The summed E-state index contributed by atoms with van der Waals surface area (Å²) in [6, 6.07) is 10.4. The summed E-state index contributed by atoms with van der Waals surface area (Å²) in [6.07, 6.45) is 1.80. The van der Waals surface area contributed by atoms with E-state index in [4.69, 9.17) is 4.74 Å². The Labute approximate surface area is 179 Å². The number of halogens is 1. The van der Waals surface area contributed by atoms with Crippen LogP contribution in [0, 0.1) is 0 Å². The molecular formula is C20H32IN5O. The van der Waals surface area contributed by atoms with Gasteiger partial charge in [-0.1, -0.05) is 24.3 Å². The van der Waals surface area contributed by atoms with E-state index in [2.05, 4.69) is 72.7 Å². The molecule has 0 saturated heterocycles. The molecule has 150 valence electrons. The summed E-state index contributed by atoms with van der Waals surface area (Å²) in [7, 11) is 1.94. The van der Waals surface area contributed by atoms with Crippen molar-refractivity contribution in [3.8, 4) is 0 Å². The molecule has 0 saturated carbocycles. The molecule has 0 unspecified atom stereocenters. The molecule has 0 aliphatic heterocycles. The predicted octanol–water partition coefficient (Wildman–Crippen LogP) is 3.61. The minimum absolute atomic E-state index is 0. The molecule has 0 radical (unpaired) electrons. The van der Waals surface area contributed by atoms with E-state index in [1.807, 2.05) is 17.8 Å². The van der Waals surface area contributed by atoms with Gasteiger partial charge in [0.15, 0.2) is 5.96 Å². The van der Waals surface area contributed by atoms with E-state index < -0.39 is 0 Å². The minimum Gasteiger partial charge on any atom is -0.371 e. The molecule has 1 aromatic heterocycles. The molecule has 0 bridgehead atoms. The molecule has 27 heavy (non-hydrogen) atoms. The van der Waals surface area contributed by atoms with Crippen LogP contribution in [0.1, 0.15) is 44.5 Å². The maximum absolute atomic E-state index is 5.86. The average molecular weight is 485 g/mol. The lowest BCUT2D eigenvalue weighted by Gasteiger charge is -2.19. The molecule has 0 aliphatic rings. The molecule has 0 amide bonds. The monoisotopic (exact) mass is 485 g/mol. The third-order valence-corrected chi connectivity index (χ3v) is 3.79. The van der Waals surface area contributed by atoms with Crippen molar-refractivity contribution in [1.29, 1.82) is 0 Å². The predicted molar refractivity (Wildman–Crippen MR) is 121 cm³/mol. The van der Waals surface area contributed by atoms with E-state index in [1.54, 1.807) is 6.20 Å². The maximum atomic E-state index is 5.86. The van der Waals surface area contributed by atoms with Gasteiger partial charge in [0.2, 0.25) is 0 Å². The molecular weight excluding hydrogens is 453 g/mol. The first-order valence-corrected chi connectivity index (χ1v) is 9.08. The van der Waals surface area contributed by atoms with E-state index in [1.165, 1.54) is 5.56 Å². The molecule has 1 aromatic carbocycles. The van der Waals surface area contributed by atoms with Crippen molar-refractivity contribution in [2.24, 2.45) is 12.0 Å². The number of guanidine groups is 1. The van der Waals surface area contributed by atoms with Crippen LogP contribution in [0.15, 0.2) is 41.5 Å². The third-order valence-electron chi connectivity index (χ3n) is 3.79. The van der Waals surface area contributed by atoms with Gasteiger partial charge in [-0.2, -0.15) is 5.10 Å². The Kier molecular flexibility index (Phi) is 9.79. The lowest BCUT2D eigenvalue weighted by molar-refractivity contribution is -0.0149. The number of benzene rings is 1. The van der Waals surface area contributed by atoms with Gasteiger partial charge in [0, 0.05) is 19.8 Å². The van der Waals surface area contributed by atoms with Crippen LogP contribution in [0.25, 0.3) is 0 Å². The van der Waals surface area contributed by atoms with Crippen LogP contribution in [-0.4, -0.2) is 27.9 Å². The average Bonchev–Trinajstić information content (AvgIpc) is 3.00. The SMILES string of the molecule is CCNC(=NCc1cccc(COC(C)(C)C)c1)NCc1ccnn1C.I. The molecule has 0 atom stereocenters. The number of ether oxygens (including phenoxy) is 1. The van der Waals surface area contributed by atoms with Crippen LogP contribution in [0.2, 0.25) is 0 Å². The molecule has 6 nitrogen and oxygen atoms in total. The van der Waals surface area contributed by atoms with E-state index in [9.17, 15) is 0 Å². The van der Waals surface area contributed by atoms with Crippen LogP contribution >= 0.6 is 24.0 Å². The van der Waals surface area contributed by atoms with Crippen LogP contribution in [0.4, 0.5) is 0 Å². The molecule has 0 aliphatic carbocycles. The minimum atomic E-state index is -0.137. The Morgan fingerprint density at radius 1 is 1.19 bits per heavy atom. The number of hydrogen-bond donors (Lipinski definition) is 2. The second kappa shape index (κ2) is 11.3. The first-order chi connectivity index (χ1) is 12.4. The summed E-state index contributed by atoms with van der Waals surface area (Å²) in [5.74, 6) is 0.796.